The molecule has 3 N–H and O–H groups in total. The molecule has 1 aromatic rings. The molecule has 0 spiro atoms. The first kappa shape index (κ1) is 12.2. The maximum Gasteiger partial charge on any atom is 0.149 e. The molecule has 1 saturated heterocycles. The van der Waals surface area contributed by atoms with Crippen LogP contribution >= 0.6 is 0 Å². The second-order valence-electron chi connectivity index (χ2n) is 4.72. The number of hydrogen-bond donors (Lipinski definition) is 2. The summed E-state index contributed by atoms with van der Waals surface area (Å²) >= 11 is 0. The summed E-state index contributed by atoms with van der Waals surface area (Å²) in [6.45, 7) is 6.45. The van der Waals surface area contributed by atoms with Gasteiger partial charge in [0.15, 0.2) is 0 Å². The predicted octanol–water partition coefficient (Wildman–Crippen LogP) is 1.87. The molecule has 0 unspecified atom stereocenters. The SMILES string of the molecule is Cc1ccc(N)c(NCCN2CCCCC2)n1. The zero-order chi connectivity index (χ0) is 12.1. The lowest BCUT2D eigenvalue weighted by atomic mass is 10.1. The summed E-state index contributed by atoms with van der Waals surface area (Å²) in [7, 11) is 0. The summed E-state index contributed by atoms with van der Waals surface area (Å²) in [5.74, 6) is 0.821. The summed E-state index contributed by atoms with van der Waals surface area (Å²) in [5.41, 5.74) is 7.60. The molecule has 0 amide bonds. The van der Waals surface area contributed by atoms with Crippen molar-refractivity contribution in [2.45, 2.75) is 26.2 Å². The Kier molecular flexibility index (Phi) is 4.20. The Morgan fingerprint density at radius 1 is 1.29 bits per heavy atom. The van der Waals surface area contributed by atoms with Gasteiger partial charge in [0, 0.05) is 18.8 Å². The molecule has 1 aliphatic heterocycles. The van der Waals surface area contributed by atoms with Gasteiger partial charge < -0.3 is 16.0 Å². The van der Waals surface area contributed by atoms with Gasteiger partial charge in [-0.1, -0.05) is 6.42 Å². The fourth-order valence-electron chi connectivity index (χ4n) is 2.22. The minimum atomic E-state index is 0.731. The van der Waals surface area contributed by atoms with Crippen molar-refractivity contribution in [1.29, 1.82) is 0 Å². The van der Waals surface area contributed by atoms with Crippen LogP contribution in [0.4, 0.5) is 11.5 Å². The molecule has 0 atom stereocenters. The van der Waals surface area contributed by atoms with Gasteiger partial charge in [-0.2, -0.15) is 0 Å². The van der Waals surface area contributed by atoms with Crippen LogP contribution in [-0.4, -0.2) is 36.1 Å². The van der Waals surface area contributed by atoms with E-state index in [1.165, 1.54) is 32.4 Å². The minimum absolute atomic E-state index is 0.731. The highest BCUT2D eigenvalue weighted by molar-refractivity contribution is 5.61. The van der Waals surface area contributed by atoms with Crippen LogP contribution in [0.1, 0.15) is 25.0 Å². The molecule has 17 heavy (non-hydrogen) atoms. The molecule has 1 fully saturated rings. The molecule has 1 aliphatic rings. The van der Waals surface area contributed by atoms with E-state index in [2.05, 4.69) is 15.2 Å². The van der Waals surface area contributed by atoms with E-state index in [0.29, 0.717) is 0 Å². The number of aromatic nitrogens is 1. The van der Waals surface area contributed by atoms with Crippen molar-refractivity contribution in [3.63, 3.8) is 0 Å². The maximum absolute atomic E-state index is 5.87. The van der Waals surface area contributed by atoms with Crippen molar-refractivity contribution in [2.75, 3.05) is 37.2 Å². The summed E-state index contributed by atoms with van der Waals surface area (Å²) in [6, 6.07) is 3.84. The lowest BCUT2D eigenvalue weighted by Gasteiger charge is -2.26. The smallest absolute Gasteiger partial charge is 0.149 e. The number of nitrogens with one attached hydrogen (secondary N) is 1. The molecule has 0 bridgehead atoms. The molecule has 0 aromatic carbocycles. The first-order valence-electron chi connectivity index (χ1n) is 6.45. The third kappa shape index (κ3) is 3.60. The van der Waals surface area contributed by atoms with E-state index in [-0.39, 0.29) is 0 Å². The first-order valence-corrected chi connectivity index (χ1v) is 6.45. The normalized spacial score (nSPS) is 17.0. The van der Waals surface area contributed by atoms with E-state index < -0.39 is 0 Å². The van der Waals surface area contributed by atoms with Crippen molar-refractivity contribution in [3.8, 4) is 0 Å². The summed E-state index contributed by atoms with van der Waals surface area (Å²) in [6.07, 6.45) is 4.06. The van der Waals surface area contributed by atoms with E-state index >= 15 is 0 Å². The Balaban J connectivity index is 1.79. The average molecular weight is 234 g/mol. The second-order valence-corrected chi connectivity index (χ2v) is 4.72. The van der Waals surface area contributed by atoms with Crippen molar-refractivity contribution in [2.24, 2.45) is 0 Å². The zero-order valence-corrected chi connectivity index (χ0v) is 10.6. The van der Waals surface area contributed by atoms with Gasteiger partial charge in [-0.05, 0) is 45.0 Å². The number of nitrogens with zero attached hydrogens (tertiary/aromatic N) is 2. The van der Waals surface area contributed by atoms with Gasteiger partial charge in [0.1, 0.15) is 5.82 Å². The van der Waals surface area contributed by atoms with Gasteiger partial charge in [-0.25, -0.2) is 4.98 Å². The number of hydrogen-bond acceptors (Lipinski definition) is 4. The van der Waals surface area contributed by atoms with Crippen LogP contribution in [0, 0.1) is 6.92 Å². The molecule has 4 nitrogen and oxygen atoms in total. The highest BCUT2D eigenvalue weighted by Crippen LogP contribution is 2.15. The van der Waals surface area contributed by atoms with Crippen LogP contribution in [0.25, 0.3) is 0 Å². The number of nitrogen functional groups attached to an aromatic ring is 1. The molecule has 2 rings (SSSR count). The summed E-state index contributed by atoms with van der Waals surface area (Å²) < 4.78 is 0. The number of piperidine rings is 1. The number of nitrogens with two attached hydrogens (primary N) is 1. The van der Waals surface area contributed by atoms with Crippen LogP contribution in [0.3, 0.4) is 0 Å². The average Bonchev–Trinajstić information content (AvgIpc) is 2.35. The van der Waals surface area contributed by atoms with Crippen LogP contribution in [-0.2, 0) is 0 Å². The molecular weight excluding hydrogens is 212 g/mol. The Morgan fingerprint density at radius 2 is 2.06 bits per heavy atom. The minimum Gasteiger partial charge on any atom is -0.396 e. The van der Waals surface area contributed by atoms with E-state index in [0.717, 1.165) is 30.3 Å². The van der Waals surface area contributed by atoms with E-state index in [9.17, 15) is 0 Å². The topological polar surface area (TPSA) is 54.2 Å². The standard InChI is InChI=1S/C13H22N4/c1-11-5-6-12(14)13(16-11)15-7-10-17-8-3-2-4-9-17/h5-6H,2-4,7-10,14H2,1H3,(H,15,16). The van der Waals surface area contributed by atoms with Crippen LogP contribution < -0.4 is 11.1 Å². The highest BCUT2D eigenvalue weighted by Gasteiger charge is 2.09. The molecule has 94 valence electrons. The van der Waals surface area contributed by atoms with E-state index in [1.54, 1.807) is 0 Å². The number of rotatable bonds is 4. The Labute approximate surface area is 103 Å². The quantitative estimate of drug-likeness (QED) is 0.835. The second kappa shape index (κ2) is 5.87. The van der Waals surface area contributed by atoms with Gasteiger partial charge in [0.25, 0.3) is 0 Å². The van der Waals surface area contributed by atoms with Gasteiger partial charge >= 0.3 is 0 Å². The number of pyridine rings is 1. The van der Waals surface area contributed by atoms with Gasteiger partial charge in [0.2, 0.25) is 0 Å². The summed E-state index contributed by atoms with van der Waals surface area (Å²) in [4.78, 5) is 6.90. The zero-order valence-electron chi connectivity index (χ0n) is 10.6. The van der Waals surface area contributed by atoms with Gasteiger partial charge in [-0.3, -0.25) is 0 Å². The van der Waals surface area contributed by atoms with E-state index in [1.807, 2.05) is 19.1 Å². The lowest BCUT2D eigenvalue weighted by molar-refractivity contribution is 0.237. The maximum atomic E-state index is 5.87. The van der Waals surface area contributed by atoms with Gasteiger partial charge in [-0.15, -0.1) is 0 Å². The molecule has 4 heteroatoms. The van der Waals surface area contributed by atoms with Crippen molar-refractivity contribution >= 4 is 11.5 Å². The third-order valence-electron chi connectivity index (χ3n) is 3.23. The molecular formula is C13H22N4. The third-order valence-corrected chi connectivity index (χ3v) is 3.23. The fraction of sp³-hybridized carbons (Fsp3) is 0.615. The predicted molar refractivity (Wildman–Crippen MR) is 72.2 cm³/mol. The van der Waals surface area contributed by atoms with E-state index in [4.69, 9.17) is 5.73 Å². The Morgan fingerprint density at radius 3 is 2.82 bits per heavy atom. The van der Waals surface area contributed by atoms with Crippen LogP contribution in [0.2, 0.25) is 0 Å². The molecule has 0 aliphatic carbocycles. The fourth-order valence-corrected chi connectivity index (χ4v) is 2.22. The molecule has 1 aromatic heterocycles. The first-order chi connectivity index (χ1) is 8.25. The number of likely N-dealkylation sites (tertiary alicyclic amines) is 1. The van der Waals surface area contributed by atoms with Crippen molar-refractivity contribution in [3.05, 3.63) is 17.8 Å². The Bertz CT molecular complexity index is 358. The number of anilines is 2. The highest BCUT2D eigenvalue weighted by atomic mass is 15.1. The lowest BCUT2D eigenvalue weighted by Crippen LogP contribution is -2.33. The monoisotopic (exact) mass is 234 g/mol. The van der Waals surface area contributed by atoms with Gasteiger partial charge in [0.05, 0.1) is 5.69 Å². The Hall–Kier alpha value is -1.29. The van der Waals surface area contributed by atoms with Crippen LogP contribution in [0.5, 0.6) is 0 Å². The summed E-state index contributed by atoms with van der Waals surface area (Å²) in [5, 5.41) is 3.32. The molecule has 0 saturated carbocycles. The largest absolute Gasteiger partial charge is 0.396 e. The molecule has 2 heterocycles. The van der Waals surface area contributed by atoms with Crippen molar-refractivity contribution in [1.82, 2.24) is 9.88 Å². The molecule has 0 radical (unpaired) electrons. The van der Waals surface area contributed by atoms with Crippen molar-refractivity contribution < 1.29 is 0 Å². The number of aryl methyl sites for hydroxylation is 1. The van der Waals surface area contributed by atoms with Crippen LogP contribution in [0.15, 0.2) is 12.1 Å².